The van der Waals surface area contributed by atoms with Gasteiger partial charge >= 0.3 is 0 Å². The van der Waals surface area contributed by atoms with Gasteiger partial charge in [-0.25, -0.2) is 0 Å². The largest absolute Gasteiger partial charge is 0.348 e. The summed E-state index contributed by atoms with van der Waals surface area (Å²) in [5, 5.41) is 3.57. The molecule has 0 aliphatic heterocycles. The van der Waals surface area contributed by atoms with Gasteiger partial charge in [-0.05, 0) is 35.9 Å². The minimum absolute atomic E-state index is 0.0615. The molecule has 0 aliphatic carbocycles. The Labute approximate surface area is 145 Å². The maximum Gasteiger partial charge on any atom is 0.253 e. The minimum atomic E-state index is -0.278. The number of carbonyl (C=O) groups excluding carboxylic acids is 2. The van der Waals surface area contributed by atoms with Gasteiger partial charge in [-0.3, -0.25) is 9.59 Å². The lowest BCUT2D eigenvalue weighted by molar-refractivity contribution is 0.0827. The Morgan fingerprint density at radius 1 is 1.04 bits per heavy atom. The predicted octanol–water partition coefficient (Wildman–Crippen LogP) is 3.63. The SMILES string of the molecule is CN(C)C(=O)c1ccc(CNC(=O)c2ccc(Cl)cc2Cl)cc1. The monoisotopic (exact) mass is 350 g/mol. The van der Waals surface area contributed by atoms with E-state index in [9.17, 15) is 9.59 Å². The van der Waals surface area contributed by atoms with Crippen LogP contribution in [0.2, 0.25) is 10.0 Å². The molecule has 120 valence electrons. The topological polar surface area (TPSA) is 49.4 Å². The molecule has 0 saturated carbocycles. The van der Waals surface area contributed by atoms with Gasteiger partial charge in [-0.15, -0.1) is 0 Å². The number of carbonyl (C=O) groups is 2. The first-order valence-corrected chi connectivity index (χ1v) is 7.68. The highest BCUT2D eigenvalue weighted by Gasteiger charge is 2.11. The van der Waals surface area contributed by atoms with Crippen molar-refractivity contribution in [1.29, 1.82) is 0 Å². The zero-order valence-electron chi connectivity index (χ0n) is 12.8. The molecule has 0 saturated heterocycles. The molecule has 23 heavy (non-hydrogen) atoms. The van der Waals surface area contributed by atoms with Crippen molar-refractivity contribution in [1.82, 2.24) is 10.2 Å². The van der Waals surface area contributed by atoms with Gasteiger partial charge in [0.1, 0.15) is 0 Å². The maximum atomic E-state index is 12.1. The third kappa shape index (κ3) is 4.47. The van der Waals surface area contributed by atoms with E-state index in [1.807, 2.05) is 0 Å². The Kier molecular flexibility index (Phi) is 5.64. The lowest BCUT2D eigenvalue weighted by atomic mass is 10.1. The van der Waals surface area contributed by atoms with Gasteiger partial charge in [-0.2, -0.15) is 0 Å². The molecule has 0 heterocycles. The molecule has 2 aromatic rings. The van der Waals surface area contributed by atoms with Crippen LogP contribution in [0.1, 0.15) is 26.3 Å². The fraction of sp³-hybridized carbons (Fsp3) is 0.176. The van der Waals surface area contributed by atoms with Crippen LogP contribution in [-0.2, 0) is 6.54 Å². The highest BCUT2D eigenvalue weighted by molar-refractivity contribution is 6.36. The second kappa shape index (κ2) is 7.49. The summed E-state index contributed by atoms with van der Waals surface area (Å²) in [7, 11) is 3.40. The summed E-state index contributed by atoms with van der Waals surface area (Å²) < 4.78 is 0. The van der Waals surface area contributed by atoms with Crippen LogP contribution in [0.25, 0.3) is 0 Å². The van der Waals surface area contributed by atoms with Crippen LogP contribution in [0.15, 0.2) is 42.5 Å². The van der Waals surface area contributed by atoms with Gasteiger partial charge in [0.2, 0.25) is 0 Å². The third-order valence-electron chi connectivity index (χ3n) is 3.24. The summed E-state index contributed by atoms with van der Waals surface area (Å²) in [5.74, 6) is -0.339. The molecule has 0 fully saturated rings. The van der Waals surface area contributed by atoms with Gasteiger partial charge in [0.15, 0.2) is 0 Å². The number of halogens is 2. The van der Waals surface area contributed by atoms with Crippen molar-refractivity contribution >= 4 is 35.0 Å². The highest BCUT2D eigenvalue weighted by atomic mass is 35.5. The predicted molar refractivity (Wildman–Crippen MR) is 92.1 cm³/mol. The fourth-order valence-electron chi connectivity index (χ4n) is 1.97. The number of rotatable bonds is 4. The van der Waals surface area contributed by atoms with Crippen molar-refractivity contribution in [2.45, 2.75) is 6.54 Å². The second-order valence-electron chi connectivity index (χ2n) is 5.20. The Hall–Kier alpha value is -2.04. The number of nitrogens with zero attached hydrogens (tertiary/aromatic N) is 1. The Bertz CT molecular complexity index is 728. The first-order chi connectivity index (χ1) is 10.9. The van der Waals surface area contributed by atoms with Gasteiger partial charge in [-0.1, -0.05) is 35.3 Å². The van der Waals surface area contributed by atoms with Crippen molar-refractivity contribution in [3.05, 3.63) is 69.2 Å². The molecule has 0 bridgehead atoms. The van der Waals surface area contributed by atoms with E-state index in [2.05, 4.69) is 5.32 Å². The van der Waals surface area contributed by atoms with E-state index in [0.717, 1.165) is 5.56 Å². The van der Waals surface area contributed by atoms with E-state index < -0.39 is 0 Å². The molecule has 2 rings (SSSR count). The standard InChI is InChI=1S/C17H16Cl2N2O2/c1-21(2)17(23)12-5-3-11(4-6-12)10-20-16(22)14-8-7-13(18)9-15(14)19/h3-9H,10H2,1-2H3,(H,20,22). The van der Waals surface area contributed by atoms with Crippen molar-refractivity contribution in [2.75, 3.05) is 14.1 Å². The molecule has 4 nitrogen and oxygen atoms in total. The number of amides is 2. The fourth-order valence-corrected chi connectivity index (χ4v) is 2.47. The molecule has 0 radical (unpaired) electrons. The highest BCUT2D eigenvalue weighted by Crippen LogP contribution is 2.20. The Morgan fingerprint density at radius 2 is 1.70 bits per heavy atom. The normalized spacial score (nSPS) is 10.3. The van der Waals surface area contributed by atoms with Crippen molar-refractivity contribution in [3.8, 4) is 0 Å². The average molecular weight is 351 g/mol. The Balaban J connectivity index is 2.00. The molecule has 0 unspecified atom stereocenters. The first-order valence-electron chi connectivity index (χ1n) is 6.92. The number of nitrogens with one attached hydrogen (secondary N) is 1. The van der Waals surface area contributed by atoms with Crippen molar-refractivity contribution in [2.24, 2.45) is 0 Å². The van der Waals surface area contributed by atoms with Gasteiger partial charge in [0.05, 0.1) is 10.6 Å². The van der Waals surface area contributed by atoms with Gasteiger partial charge in [0, 0.05) is 31.2 Å². The molecule has 0 aromatic heterocycles. The van der Waals surface area contributed by atoms with Crippen LogP contribution in [-0.4, -0.2) is 30.8 Å². The summed E-state index contributed by atoms with van der Waals surface area (Å²) in [6, 6.07) is 11.8. The molecule has 2 aromatic carbocycles. The summed E-state index contributed by atoms with van der Waals surface area (Å²) in [4.78, 5) is 25.4. The maximum absolute atomic E-state index is 12.1. The molecule has 2 amide bonds. The van der Waals surface area contributed by atoms with Crippen LogP contribution in [0.5, 0.6) is 0 Å². The number of benzene rings is 2. The van der Waals surface area contributed by atoms with Gasteiger partial charge in [0.25, 0.3) is 11.8 Å². The van der Waals surface area contributed by atoms with E-state index >= 15 is 0 Å². The van der Waals surface area contributed by atoms with E-state index in [0.29, 0.717) is 27.7 Å². The quantitative estimate of drug-likeness (QED) is 0.915. The van der Waals surface area contributed by atoms with E-state index in [1.165, 1.54) is 11.0 Å². The lowest BCUT2D eigenvalue weighted by Gasteiger charge is -2.11. The van der Waals surface area contributed by atoms with Gasteiger partial charge < -0.3 is 10.2 Å². The minimum Gasteiger partial charge on any atom is -0.348 e. The third-order valence-corrected chi connectivity index (χ3v) is 3.78. The zero-order chi connectivity index (χ0) is 17.0. The smallest absolute Gasteiger partial charge is 0.253 e. The van der Waals surface area contributed by atoms with E-state index in [4.69, 9.17) is 23.2 Å². The number of hydrogen-bond acceptors (Lipinski definition) is 2. The van der Waals surface area contributed by atoms with Crippen molar-refractivity contribution < 1.29 is 9.59 Å². The van der Waals surface area contributed by atoms with E-state index in [-0.39, 0.29) is 11.8 Å². The average Bonchev–Trinajstić information content (AvgIpc) is 2.52. The first kappa shape index (κ1) is 17.3. The van der Waals surface area contributed by atoms with E-state index in [1.54, 1.807) is 50.5 Å². The molecule has 0 atom stereocenters. The summed E-state index contributed by atoms with van der Waals surface area (Å²) in [5.41, 5.74) is 1.86. The summed E-state index contributed by atoms with van der Waals surface area (Å²) in [6.07, 6.45) is 0. The molecule has 1 N–H and O–H groups in total. The van der Waals surface area contributed by atoms with Crippen LogP contribution in [0, 0.1) is 0 Å². The summed E-state index contributed by atoms with van der Waals surface area (Å²) in [6.45, 7) is 0.341. The van der Waals surface area contributed by atoms with Crippen LogP contribution in [0.4, 0.5) is 0 Å². The molecular formula is C17H16Cl2N2O2. The molecule has 0 aliphatic rings. The molecule has 0 spiro atoms. The molecule has 6 heteroatoms. The van der Waals surface area contributed by atoms with Crippen LogP contribution in [0.3, 0.4) is 0 Å². The second-order valence-corrected chi connectivity index (χ2v) is 6.05. The zero-order valence-corrected chi connectivity index (χ0v) is 14.3. The lowest BCUT2D eigenvalue weighted by Crippen LogP contribution is -2.23. The summed E-state index contributed by atoms with van der Waals surface area (Å²) >= 11 is 11.8. The molecular weight excluding hydrogens is 335 g/mol. The van der Waals surface area contributed by atoms with Crippen LogP contribution < -0.4 is 5.32 Å². The Morgan fingerprint density at radius 3 is 2.26 bits per heavy atom. The number of hydrogen-bond donors (Lipinski definition) is 1. The van der Waals surface area contributed by atoms with Crippen LogP contribution >= 0.6 is 23.2 Å². The van der Waals surface area contributed by atoms with Crippen molar-refractivity contribution in [3.63, 3.8) is 0 Å².